The molecule has 5 heterocycles. The third-order valence-electron chi connectivity index (χ3n) is 15.3. The average Bonchev–Trinajstić information content (AvgIpc) is 4.33. The quantitative estimate of drug-likeness (QED) is 0.0259. The first-order valence-electron chi connectivity index (χ1n) is 27.7. The first-order valence-corrected chi connectivity index (χ1v) is 27.7. The number of carbonyl (C=O) groups excluding carboxylic acids is 9. The SMILES string of the molecule is C[C@H](NC(=O)[C@H](Cc1ccccc1)NC(=O)[C@H](CCCCN)NC(=O)[C@H]1CCCN1C(=O)[C@H](CCCN=C(N)N)NC(=O)[C@H]1CCCN1C(=O)[C@H](Cc1c[nH]c2ccccc12)NC(=O)[C@H]1CCC(=O)N1)C(=O)N1CCC[C@@H]1C(=O)O. The fourth-order valence-corrected chi connectivity index (χ4v) is 11.1. The van der Waals surface area contributed by atoms with Gasteiger partial charge in [-0.2, -0.15) is 0 Å². The Labute approximate surface area is 463 Å². The molecule has 7 rings (SSSR count). The zero-order valence-corrected chi connectivity index (χ0v) is 45.2. The second-order valence-electron chi connectivity index (χ2n) is 21.0. The van der Waals surface area contributed by atoms with Crippen LogP contribution in [0, 0.1) is 0 Å². The number of hydrogen-bond donors (Lipinski definition) is 11. The normalized spacial score (nSPS) is 20.7. The molecule has 0 spiro atoms. The molecule has 3 aromatic rings. The molecule has 14 N–H and O–H groups in total. The number of para-hydroxylation sites is 1. The summed E-state index contributed by atoms with van der Waals surface area (Å²) in [7, 11) is 0. The number of aliphatic imine (C=N–C) groups is 1. The van der Waals surface area contributed by atoms with Gasteiger partial charge in [-0.15, -0.1) is 0 Å². The monoisotopic (exact) mass is 1110 g/mol. The molecule has 80 heavy (non-hydrogen) atoms. The number of carbonyl (C=O) groups is 10. The van der Waals surface area contributed by atoms with Gasteiger partial charge < -0.3 is 73.9 Å². The van der Waals surface area contributed by atoms with Gasteiger partial charge in [0, 0.05) is 62.5 Å². The fraction of sp³-hybridized carbons (Fsp3) is 0.545. The number of nitrogens with zero attached hydrogens (tertiary/aromatic N) is 4. The fourth-order valence-electron chi connectivity index (χ4n) is 11.1. The van der Waals surface area contributed by atoms with Crippen molar-refractivity contribution < 1.29 is 53.1 Å². The molecule has 0 unspecified atom stereocenters. The molecule has 0 saturated carbocycles. The lowest BCUT2D eigenvalue weighted by molar-refractivity contribution is -0.149. The van der Waals surface area contributed by atoms with E-state index in [9.17, 15) is 53.1 Å². The Hall–Kier alpha value is -8.09. The van der Waals surface area contributed by atoms with Crippen molar-refractivity contribution in [3.63, 3.8) is 0 Å². The lowest BCUT2D eigenvalue weighted by Gasteiger charge is -2.32. The number of aliphatic carboxylic acids is 1. The number of fused-ring (bicyclic) bond motifs is 1. The molecule has 25 nitrogen and oxygen atoms in total. The van der Waals surface area contributed by atoms with Crippen LogP contribution >= 0.6 is 0 Å². The lowest BCUT2D eigenvalue weighted by atomic mass is 10.0. The molecule has 1 aromatic heterocycles. The number of aromatic nitrogens is 1. The summed E-state index contributed by atoms with van der Waals surface area (Å²) in [5, 5.41) is 27.2. The van der Waals surface area contributed by atoms with Crippen LogP contribution in [0.3, 0.4) is 0 Å². The zero-order valence-electron chi connectivity index (χ0n) is 45.2. The minimum Gasteiger partial charge on any atom is -0.480 e. The van der Waals surface area contributed by atoms with Gasteiger partial charge in [-0.1, -0.05) is 48.5 Å². The molecule has 0 aliphatic carbocycles. The molecule has 4 fully saturated rings. The van der Waals surface area contributed by atoms with E-state index in [2.05, 4.69) is 41.9 Å². The highest BCUT2D eigenvalue weighted by Gasteiger charge is 2.44. The van der Waals surface area contributed by atoms with Crippen LogP contribution in [0.25, 0.3) is 10.9 Å². The summed E-state index contributed by atoms with van der Waals surface area (Å²) >= 11 is 0. The van der Waals surface area contributed by atoms with Gasteiger partial charge >= 0.3 is 5.97 Å². The molecular weight excluding hydrogens is 1030 g/mol. The molecule has 25 heteroatoms. The first kappa shape index (κ1) is 59.6. The summed E-state index contributed by atoms with van der Waals surface area (Å²) in [5.74, 6) is -6.50. The van der Waals surface area contributed by atoms with Crippen LogP contribution in [-0.4, -0.2) is 177 Å². The van der Waals surface area contributed by atoms with Crippen molar-refractivity contribution in [1.82, 2.24) is 51.6 Å². The summed E-state index contributed by atoms with van der Waals surface area (Å²) in [6.45, 7) is 2.38. The van der Waals surface area contributed by atoms with Crippen molar-refractivity contribution >= 4 is 76.0 Å². The van der Waals surface area contributed by atoms with Crippen LogP contribution in [0.4, 0.5) is 0 Å². The molecule has 9 amide bonds. The minimum atomic E-state index is -1.24. The molecule has 432 valence electrons. The van der Waals surface area contributed by atoms with Crippen LogP contribution in [0.5, 0.6) is 0 Å². The Morgan fingerprint density at radius 2 is 1.23 bits per heavy atom. The van der Waals surface area contributed by atoms with Gasteiger partial charge in [0.2, 0.25) is 53.2 Å². The number of amides is 9. The zero-order chi connectivity index (χ0) is 57.5. The van der Waals surface area contributed by atoms with Gasteiger partial charge in [0.25, 0.3) is 0 Å². The van der Waals surface area contributed by atoms with Gasteiger partial charge in [-0.3, -0.25) is 48.1 Å². The molecule has 4 aliphatic rings. The third kappa shape index (κ3) is 15.4. The van der Waals surface area contributed by atoms with Gasteiger partial charge in [0.1, 0.15) is 54.4 Å². The maximum absolute atomic E-state index is 14.8. The Balaban J connectivity index is 1.06. The van der Waals surface area contributed by atoms with E-state index in [0.29, 0.717) is 44.2 Å². The van der Waals surface area contributed by atoms with Crippen LogP contribution in [0.2, 0.25) is 0 Å². The van der Waals surface area contributed by atoms with E-state index < -0.39 is 108 Å². The standard InChI is InChI=1S/C55H76N14O11/c1-32(51(76)69-28-12-21-44(69)54(79)80)61-48(73)40(29-33-13-3-2-4-14-33)65-46(71)37(17-7-8-24-56)63-49(74)42-19-10-26-67(42)52(77)39(18-9-25-59-55(57)58)64-50(75)43-20-11-27-68(43)53(78)41(66-47(72)38-22-23-45(70)62-38)30-34-31-60-36-16-6-5-15-35(34)36/h2-6,13-16,31-32,37-44,60H,7-12,17-30,56H2,1H3,(H,61,73)(H,62,70)(H,63,74)(H,64,75)(H,65,71)(H,66,72)(H,79,80)(H4,57,58,59)/t32-,37-,38+,39-,40-,41-,42+,43+,44+/m0/s1. The molecule has 0 bridgehead atoms. The Bertz CT molecular complexity index is 2770. The van der Waals surface area contributed by atoms with Crippen LogP contribution < -0.4 is 49.1 Å². The number of carboxylic acids is 1. The Kier molecular flexibility index (Phi) is 21.0. The van der Waals surface area contributed by atoms with E-state index in [0.717, 1.165) is 16.5 Å². The average molecular weight is 1110 g/mol. The Morgan fingerprint density at radius 3 is 1.85 bits per heavy atom. The van der Waals surface area contributed by atoms with Crippen molar-refractivity contribution in [2.24, 2.45) is 22.2 Å². The highest BCUT2D eigenvalue weighted by Crippen LogP contribution is 2.26. The molecular formula is C55H76N14O11. The number of benzene rings is 2. The summed E-state index contributed by atoms with van der Waals surface area (Å²) in [5.41, 5.74) is 19.3. The van der Waals surface area contributed by atoms with E-state index in [4.69, 9.17) is 17.2 Å². The van der Waals surface area contributed by atoms with Crippen molar-refractivity contribution in [1.29, 1.82) is 0 Å². The molecule has 9 atom stereocenters. The van der Waals surface area contributed by atoms with Crippen molar-refractivity contribution in [3.05, 3.63) is 71.9 Å². The third-order valence-corrected chi connectivity index (χ3v) is 15.3. The number of H-pyrrole nitrogens is 1. The van der Waals surface area contributed by atoms with Crippen LogP contribution in [-0.2, 0) is 60.8 Å². The maximum Gasteiger partial charge on any atom is 0.326 e. The topological polar surface area (TPSA) is 379 Å². The van der Waals surface area contributed by atoms with E-state index >= 15 is 0 Å². The summed E-state index contributed by atoms with van der Waals surface area (Å²) in [6.07, 6.45) is 5.63. The minimum absolute atomic E-state index is 0.00168. The Morgan fingerprint density at radius 1 is 0.650 bits per heavy atom. The van der Waals surface area contributed by atoms with E-state index in [1.54, 1.807) is 36.5 Å². The second kappa shape index (κ2) is 28.2. The largest absolute Gasteiger partial charge is 0.480 e. The number of aromatic amines is 1. The highest BCUT2D eigenvalue weighted by molar-refractivity contribution is 5.99. The number of likely N-dealkylation sites (tertiary alicyclic amines) is 3. The summed E-state index contributed by atoms with van der Waals surface area (Å²) in [4.78, 5) is 149. The summed E-state index contributed by atoms with van der Waals surface area (Å²) in [6, 6.07) is 6.44. The van der Waals surface area contributed by atoms with Gasteiger partial charge in [0.05, 0.1) is 0 Å². The number of guanidine groups is 1. The number of carboxylic acid groups (broad SMARTS) is 1. The number of nitrogens with one attached hydrogen (secondary N) is 7. The first-order chi connectivity index (χ1) is 38.4. The van der Waals surface area contributed by atoms with Crippen molar-refractivity contribution in [2.75, 3.05) is 32.7 Å². The smallest absolute Gasteiger partial charge is 0.326 e. The molecule has 2 aromatic carbocycles. The number of unbranched alkanes of at least 4 members (excludes halogenated alkanes) is 1. The summed E-state index contributed by atoms with van der Waals surface area (Å²) < 4.78 is 0. The maximum atomic E-state index is 14.8. The molecule has 4 aliphatic heterocycles. The predicted octanol–water partition coefficient (Wildman–Crippen LogP) is -1.08. The van der Waals surface area contributed by atoms with Crippen molar-refractivity contribution in [2.45, 2.75) is 158 Å². The number of rotatable bonds is 26. The molecule has 0 radical (unpaired) electrons. The van der Waals surface area contributed by atoms with E-state index in [1.165, 1.54) is 21.6 Å². The highest BCUT2D eigenvalue weighted by atomic mass is 16.4. The van der Waals surface area contributed by atoms with Crippen LogP contribution in [0.15, 0.2) is 65.8 Å². The lowest BCUT2D eigenvalue weighted by Crippen LogP contribution is -2.60. The number of hydrogen-bond acceptors (Lipinski definition) is 12. The van der Waals surface area contributed by atoms with Crippen molar-refractivity contribution in [3.8, 4) is 0 Å². The van der Waals surface area contributed by atoms with Crippen LogP contribution in [0.1, 0.15) is 102 Å². The van der Waals surface area contributed by atoms with E-state index in [1.807, 2.05) is 24.3 Å². The predicted molar refractivity (Wildman–Crippen MR) is 293 cm³/mol. The molecule has 4 saturated heterocycles. The van der Waals surface area contributed by atoms with E-state index in [-0.39, 0.29) is 102 Å². The van der Waals surface area contributed by atoms with Gasteiger partial charge in [0.15, 0.2) is 5.96 Å². The number of nitrogens with two attached hydrogens (primary N) is 3. The van der Waals surface area contributed by atoms with Gasteiger partial charge in [-0.05, 0) is 108 Å². The van der Waals surface area contributed by atoms with Gasteiger partial charge in [-0.25, -0.2) is 4.79 Å². The second-order valence-corrected chi connectivity index (χ2v) is 21.0.